The molecule has 0 heterocycles. The molecule has 0 radical (unpaired) electrons. The van der Waals surface area contributed by atoms with Crippen LogP contribution in [0.5, 0.6) is 0 Å². The molecule has 1 N–H and O–H groups in total. The van der Waals surface area contributed by atoms with Crippen LogP contribution in [0.4, 0.5) is 0 Å². The minimum atomic E-state index is 0.608. The maximum Gasteiger partial charge on any atom is 0.0223 e. The number of nitrogens with zero attached hydrogens (tertiary/aromatic N) is 1. The molecule has 0 aromatic heterocycles. The molecule has 1 aliphatic rings. The van der Waals surface area contributed by atoms with Gasteiger partial charge in [0.25, 0.3) is 0 Å². The molecule has 0 aliphatic heterocycles. The van der Waals surface area contributed by atoms with Gasteiger partial charge in [0.05, 0.1) is 0 Å². The van der Waals surface area contributed by atoms with E-state index in [4.69, 9.17) is 0 Å². The predicted octanol–water partition coefficient (Wildman–Crippen LogP) is 3.42. The molecule has 2 nitrogen and oxygen atoms in total. The molecule has 0 bridgehead atoms. The fourth-order valence-electron chi connectivity index (χ4n) is 3.14. The quantitative estimate of drug-likeness (QED) is 0.699. The van der Waals surface area contributed by atoms with Crippen molar-refractivity contribution in [1.29, 1.82) is 0 Å². The SMILES string of the molecule is CCCC(CNC(C)C)N(CC)C1CCCC1. The van der Waals surface area contributed by atoms with Crippen LogP contribution >= 0.6 is 0 Å². The fraction of sp³-hybridized carbons (Fsp3) is 1.00. The highest BCUT2D eigenvalue weighted by atomic mass is 15.2. The van der Waals surface area contributed by atoms with Gasteiger partial charge < -0.3 is 5.32 Å². The summed E-state index contributed by atoms with van der Waals surface area (Å²) >= 11 is 0. The van der Waals surface area contributed by atoms with Crippen molar-refractivity contribution >= 4 is 0 Å². The van der Waals surface area contributed by atoms with Crippen LogP contribution in [0.2, 0.25) is 0 Å². The Hall–Kier alpha value is -0.0800. The zero-order chi connectivity index (χ0) is 12.7. The topological polar surface area (TPSA) is 15.3 Å². The van der Waals surface area contributed by atoms with E-state index in [1.54, 1.807) is 0 Å². The summed E-state index contributed by atoms with van der Waals surface area (Å²) in [7, 11) is 0. The van der Waals surface area contributed by atoms with E-state index >= 15 is 0 Å². The van der Waals surface area contributed by atoms with Crippen molar-refractivity contribution in [3.8, 4) is 0 Å². The van der Waals surface area contributed by atoms with Crippen molar-refractivity contribution in [3.63, 3.8) is 0 Å². The second-order valence-electron chi connectivity index (χ2n) is 5.77. The van der Waals surface area contributed by atoms with Crippen molar-refractivity contribution in [2.24, 2.45) is 0 Å². The van der Waals surface area contributed by atoms with E-state index in [9.17, 15) is 0 Å². The summed E-state index contributed by atoms with van der Waals surface area (Å²) in [6.07, 6.45) is 8.37. The highest BCUT2D eigenvalue weighted by Crippen LogP contribution is 2.26. The molecule has 0 aromatic rings. The van der Waals surface area contributed by atoms with Gasteiger partial charge in [-0.05, 0) is 25.8 Å². The molecule has 1 atom stereocenters. The number of nitrogens with one attached hydrogen (secondary N) is 1. The molecule has 0 aromatic carbocycles. The van der Waals surface area contributed by atoms with E-state index < -0.39 is 0 Å². The predicted molar refractivity (Wildman–Crippen MR) is 76.5 cm³/mol. The Morgan fingerprint density at radius 1 is 1.18 bits per heavy atom. The second kappa shape index (κ2) is 8.10. The first-order chi connectivity index (χ1) is 8.19. The number of likely N-dealkylation sites (N-methyl/N-ethyl adjacent to an activating group) is 1. The van der Waals surface area contributed by atoms with Crippen molar-refractivity contribution in [3.05, 3.63) is 0 Å². The first kappa shape index (κ1) is 15.0. The van der Waals surface area contributed by atoms with Crippen LogP contribution in [0.15, 0.2) is 0 Å². The average Bonchev–Trinajstić information content (AvgIpc) is 2.80. The molecule has 1 unspecified atom stereocenters. The van der Waals surface area contributed by atoms with Crippen LogP contribution in [0.3, 0.4) is 0 Å². The Balaban J connectivity index is 2.51. The third-order valence-corrected chi connectivity index (χ3v) is 4.01. The lowest BCUT2D eigenvalue weighted by Crippen LogP contribution is -2.48. The Labute approximate surface area is 108 Å². The Kier molecular flexibility index (Phi) is 7.14. The van der Waals surface area contributed by atoms with E-state index in [1.165, 1.54) is 45.1 Å². The van der Waals surface area contributed by atoms with Gasteiger partial charge in [-0.2, -0.15) is 0 Å². The molecule has 0 saturated heterocycles. The van der Waals surface area contributed by atoms with Crippen LogP contribution < -0.4 is 5.32 Å². The molecule has 0 spiro atoms. The fourth-order valence-corrected chi connectivity index (χ4v) is 3.14. The highest BCUT2D eigenvalue weighted by Gasteiger charge is 2.26. The zero-order valence-electron chi connectivity index (χ0n) is 12.3. The van der Waals surface area contributed by atoms with Crippen LogP contribution in [0.25, 0.3) is 0 Å². The van der Waals surface area contributed by atoms with E-state index in [0.29, 0.717) is 6.04 Å². The molecular weight excluding hydrogens is 208 g/mol. The van der Waals surface area contributed by atoms with Crippen molar-refractivity contribution in [2.75, 3.05) is 13.1 Å². The van der Waals surface area contributed by atoms with Gasteiger partial charge in [0, 0.05) is 24.7 Å². The molecule has 1 fully saturated rings. The normalized spacial score (nSPS) is 19.4. The molecule has 1 rings (SSSR count). The number of rotatable bonds is 8. The van der Waals surface area contributed by atoms with Gasteiger partial charge in [-0.3, -0.25) is 4.90 Å². The van der Waals surface area contributed by atoms with Crippen molar-refractivity contribution in [2.45, 2.75) is 84.3 Å². The molecule has 1 aliphatic carbocycles. The maximum absolute atomic E-state index is 3.63. The summed E-state index contributed by atoms with van der Waals surface area (Å²) < 4.78 is 0. The molecule has 2 heteroatoms. The van der Waals surface area contributed by atoms with Gasteiger partial charge in [0.15, 0.2) is 0 Å². The largest absolute Gasteiger partial charge is 0.313 e. The Morgan fingerprint density at radius 3 is 2.29 bits per heavy atom. The zero-order valence-corrected chi connectivity index (χ0v) is 12.3. The van der Waals surface area contributed by atoms with Gasteiger partial charge in [-0.15, -0.1) is 0 Å². The lowest BCUT2D eigenvalue weighted by molar-refractivity contribution is 0.131. The summed E-state index contributed by atoms with van der Waals surface area (Å²) in [5.74, 6) is 0. The van der Waals surface area contributed by atoms with Gasteiger partial charge >= 0.3 is 0 Å². The van der Waals surface area contributed by atoms with Crippen molar-refractivity contribution < 1.29 is 0 Å². The molecule has 17 heavy (non-hydrogen) atoms. The lowest BCUT2D eigenvalue weighted by Gasteiger charge is -2.36. The molecular formula is C15H32N2. The van der Waals surface area contributed by atoms with E-state index in [2.05, 4.69) is 37.9 Å². The smallest absolute Gasteiger partial charge is 0.0223 e. The minimum absolute atomic E-state index is 0.608. The van der Waals surface area contributed by atoms with Crippen LogP contribution in [-0.4, -0.2) is 36.1 Å². The molecule has 1 saturated carbocycles. The Bertz CT molecular complexity index is 185. The minimum Gasteiger partial charge on any atom is -0.313 e. The van der Waals surface area contributed by atoms with E-state index in [0.717, 1.165) is 18.6 Å². The van der Waals surface area contributed by atoms with Crippen LogP contribution in [0.1, 0.15) is 66.2 Å². The number of hydrogen-bond donors (Lipinski definition) is 1. The molecule has 0 amide bonds. The lowest BCUT2D eigenvalue weighted by atomic mass is 10.1. The van der Waals surface area contributed by atoms with Gasteiger partial charge in [0.1, 0.15) is 0 Å². The first-order valence-electron chi connectivity index (χ1n) is 7.68. The van der Waals surface area contributed by atoms with E-state index in [1.807, 2.05) is 0 Å². The van der Waals surface area contributed by atoms with Crippen LogP contribution in [-0.2, 0) is 0 Å². The second-order valence-corrected chi connectivity index (χ2v) is 5.77. The standard InChI is InChI=1S/C15H32N2/c1-5-9-15(12-16-13(3)4)17(6-2)14-10-7-8-11-14/h13-16H,5-12H2,1-4H3. The highest BCUT2D eigenvalue weighted by molar-refractivity contribution is 4.83. The summed E-state index contributed by atoms with van der Waals surface area (Å²) in [6, 6.07) is 2.22. The number of hydrogen-bond acceptors (Lipinski definition) is 2. The van der Waals surface area contributed by atoms with Gasteiger partial charge in [-0.25, -0.2) is 0 Å². The van der Waals surface area contributed by atoms with Crippen molar-refractivity contribution in [1.82, 2.24) is 10.2 Å². The van der Waals surface area contributed by atoms with E-state index in [-0.39, 0.29) is 0 Å². The summed E-state index contributed by atoms with van der Waals surface area (Å²) in [5.41, 5.74) is 0. The third kappa shape index (κ3) is 4.97. The molecule has 102 valence electrons. The van der Waals surface area contributed by atoms with Gasteiger partial charge in [0.2, 0.25) is 0 Å². The average molecular weight is 240 g/mol. The summed E-state index contributed by atoms with van der Waals surface area (Å²) in [5, 5.41) is 3.63. The summed E-state index contributed by atoms with van der Waals surface area (Å²) in [6.45, 7) is 11.5. The first-order valence-corrected chi connectivity index (χ1v) is 7.68. The van der Waals surface area contributed by atoms with Crippen LogP contribution in [0, 0.1) is 0 Å². The maximum atomic E-state index is 3.63. The summed E-state index contributed by atoms with van der Waals surface area (Å²) in [4.78, 5) is 2.77. The monoisotopic (exact) mass is 240 g/mol. The third-order valence-electron chi connectivity index (χ3n) is 4.01. The Morgan fingerprint density at radius 2 is 1.82 bits per heavy atom. The van der Waals surface area contributed by atoms with Gasteiger partial charge in [-0.1, -0.05) is 47.0 Å².